The molecule has 0 aliphatic rings. The Labute approximate surface area is 149 Å². The first-order valence-corrected chi connectivity index (χ1v) is 8.07. The Hall–Kier alpha value is -2.78. The van der Waals surface area contributed by atoms with Crippen molar-refractivity contribution in [1.82, 2.24) is 4.57 Å². The Bertz CT molecular complexity index is 913. The first kappa shape index (κ1) is 18.6. The van der Waals surface area contributed by atoms with Crippen molar-refractivity contribution in [2.45, 2.75) is 26.8 Å². The number of ketones is 1. The van der Waals surface area contributed by atoms with Crippen molar-refractivity contribution in [1.29, 1.82) is 5.26 Å². The number of hydrogen-bond acceptors (Lipinski definition) is 5. The van der Waals surface area contributed by atoms with E-state index < -0.39 is 17.2 Å². The highest BCUT2D eigenvalue weighted by atomic mass is 35.5. The van der Waals surface area contributed by atoms with Gasteiger partial charge in [0, 0.05) is 6.54 Å². The number of Topliss-reactive ketones (excluding diaryl/α,β-unsaturated/α-hetero) is 1. The molecular formula is C18H17ClN2O4. The van der Waals surface area contributed by atoms with Gasteiger partial charge in [-0.1, -0.05) is 30.7 Å². The molecule has 0 amide bonds. The molecule has 0 aliphatic heterocycles. The molecule has 6 nitrogen and oxygen atoms in total. The van der Waals surface area contributed by atoms with Gasteiger partial charge in [-0.25, -0.2) is 0 Å². The fourth-order valence-electron chi connectivity index (χ4n) is 2.49. The van der Waals surface area contributed by atoms with Crippen LogP contribution in [-0.2, 0) is 6.54 Å². The van der Waals surface area contributed by atoms with E-state index >= 15 is 0 Å². The van der Waals surface area contributed by atoms with Crippen molar-refractivity contribution in [3.63, 3.8) is 0 Å². The van der Waals surface area contributed by atoms with Crippen molar-refractivity contribution >= 4 is 17.4 Å². The van der Waals surface area contributed by atoms with Gasteiger partial charge in [0.05, 0.1) is 10.6 Å². The predicted molar refractivity (Wildman–Crippen MR) is 93.4 cm³/mol. The fourth-order valence-corrected chi connectivity index (χ4v) is 2.68. The Balaban J connectivity index is 2.42. The predicted octanol–water partition coefficient (Wildman–Crippen LogP) is 3.06. The second-order valence-corrected chi connectivity index (χ2v) is 5.82. The minimum Gasteiger partial charge on any atom is -0.494 e. The highest BCUT2D eigenvalue weighted by Crippen LogP contribution is 2.25. The number of aromatic hydroxyl groups is 1. The summed E-state index contributed by atoms with van der Waals surface area (Å²) in [6.45, 7) is 3.09. The quantitative estimate of drug-likeness (QED) is 0.799. The number of pyridine rings is 1. The van der Waals surface area contributed by atoms with E-state index in [4.69, 9.17) is 16.3 Å². The molecule has 7 heteroatoms. The molecule has 0 radical (unpaired) electrons. The van der Waals surface area contributed by atoms with Crippen LogP contribution in [0, 0.1) is 18.3 Å². The average Bonchev–Trinajstić information content (AvgIpc) is 2.58. The molecule has 2 rings (SSSR count). The highest BCUT2D eigenvalue weighted by molar-refractivity contribution is 6.32. The van der Waals surface area contributed by atoms with Crippen LogP contribution in [0.5, 0.6) is 11.6 Å². The van der Waals surface area contributed by atoms with Gasteiger partial charge in [0.2, 0.25) is 11.7 Å². The number of nitriles is 1. The summed E-state index contributed by atoms with van der Waals surface area (Å²) in [5.41, 5.74) is -0.711. The number of para-hydroxylation sites is 1. The van der Waals surface area contributed by atoms with E-state index in [9.17, 15) is 20.0 Å². The van der Waals surface area contributed by atoms with Crippen molar-refractivity contribution in [2.75, 3.05) is 6.61 Å². The van der Waals surface area contributed by atoms with Gasteiger partial charge in [0.25, 0.3) is 5.56 Å². The van der Waals surface area contributed by atoms with Gasteiger partial charge in [-0.15, -0.1) is 0 Å². The smallest absolute Gasteiger partial charge is 0.271 e. The molecule has 0 unspecified atom stereocenters. The van der Waals surface area contributed by atoms with Crippen LogP contribution in [0.15, 0.2) is 29.1 Å². The van der Waals surface area contributed by atoms with Crippen LogP contribution in [0.1, 0.15) is 34.8 Å². The van der Waals surface area contributed by atoms with Crippen molar-refractivity contribution in [2.24, 2.45) is 0 Å². The van der Waals surface area contributed by atoms with Crippen LogP contribution in [0.2, 0.25) is 5.02 Å². The van der Waals surface area contributed by atoms with E-state index in [0.29, 0.717) is 17.2 Å². The van der Waals surface area contributed by atoms with Crippen LogP contribution in [0.4, 0.5) is 0 Å². The van der Waals surface area contributed by atoms with Crippen LogP contribution in [0.3, 0.4) is 0 Å². The van der Waals surface area contributed by atoms with E-state index in [0.717, 1.165) is 4.57 Å². The number of benzene rings is 1. The first-order chi connectivity index (χ1) is 11.9. The van der Waals surface area contributed by atoms with Crippen LogP contribution in [0.25, 0.3) is 0 Å². The maximum Gasteiger partial charge on any atom is 0.271 e. The number of nitrogens with zero attached hydrogens (tertiary/aromatic N) is 2. The molecule has 1 heterocycles. The Morgan fingerprint density at radius 2 is 2.08 bits per heavy atom. The summed E-state index contributed by atoms with van der Waals surface area (Å²) in [4.78, 5) is 24.8. The summed E-state index contributed by atoms with van der Waals surface area (Å²) in [5, 5.41) is 20.0. The Kier molecular flexibility index (Phi) is 5.84. The largest absolute Gasteiger partial charge is 0.494 e. The molecule has 0 saturated heterocycles. The van der Waals surface area contributed by atoms with Gasteiger partial charge in [0.15, 0.2) is 6.61 Å². The van der Waals surface area contributed by atoms with Crippen LogP contribution >= 0.6 is 11.6 Å². The summed E-state index contributed by atoms with van der Waals surface area (Å²) in [6, 6.07) is 8.49. The van der Waals surface area contributed by atoms with Gasteiger partial charge in [0.1, 0.15) is 17.4 Å². The van der Waals surface area contributed by atoms with E-state index in [1.54, 1.807) is 24.3 Å². The van der Waals surface area contributed by atoms with Gasteiger partial charge in [-0.05, 0) is 31.0 Å². The summed E-state index contributed by atoms with van der Waals surface area (Å²) < 4.78 is 6.44. The minimum atomic E-state index is -0.608. The lowest BCUT2D eigenvalue weighted by molar-refractivity contribution is 0.0916. The number of ether oxygens (including phenoxy) is 1. The SMILES string of the molecule is CCCn1c(O)c(C(=O)COc2ccccc2Cl)c(C)c(C#N)c1=O. The molecule has 1 aromatic carbocycles. The van der Waals surface area contributed by atoms with E-state index in [-0.39, 0.29) is 29.8 Å². The third kappa shape index (κ3) is 3.67. The van der Waals surface area contributed by atoms with Gasteiger partial charge < -0.3 is 9.84 Å². The number of carbonyl (C=O) groups excluding carboxylic acids is 1. The zero-order valence-electron chi connectivity index (χ0n) is 13.9. The second kappa shape index (κ2) is 7.86. The molecule has 0 atom stereocenters. The third-order valence-electron chi connectivity index (χ3n) is 3.72. The maximum atomic E-state index is 12.6. The normalized spacial score (nSPS) is 10.3. The number of hydrogen-bond donors (Lipinski definition) is 1. The number of aromatic nitrogens is 1. The summed E-state index contributed by atoms with van der Waals surface area (Å²) >= 11 is 5.98. The number of rotatable bonds is 6. The molecule has 25 heavy (non-hydrogen) atoms. The minimum absolute atomic E-state index is 0.0864. The summed E-state index contributed by atoms with van der Waals surface area (Å²) in [6.07, 6.45) is 0.561. The third-order valence-corrected chi connectivity index (χ3v) is 4.03. The molecule has 2 aromatic rings. The molecule has 0 saturated carbocycles. The lowest BCUT2D eigenvalue weighted by Crippen LogP contribution is -2.27. The van der Waals surface area contributed by atoms with Gasteiger partial charge in [-0.3, -0.25) is 14.2 Å². The average molecular weight is 361 g/mol. The van der Waals surface area contributed by atoms with Crippen LogP contribution in [-0.4, -0.2) is 22.1 Å². The van der Waals surface area contributed by atoms with E-state index in [1.807, 2.05) is 13.0 Å². The molecule has 1 N–H and O–H groups in total. The van der Waals surface area contributed by atoms with Crippen molar-refractivity contribution in [3.8, 4) is 17.7 Å². The number of carbonyl (C=O) groups is 1. The zero-order valence-corrected chi connectivity index (χ0v) is 14.6. The molecule has 0 aliphatic carbocycles. The topological polar surface area (TPSA) is 92.3 Å². The van der Waals surface area contributed by atoms with Gasteiger partial charge in [-0.2, -0.15) is 5.26 Å². The molecule has 130 valence electrons. The Morgan fingerprint density at radius 3 is 2.68 bits per heavy atom. The summed E-state index contributed by atoms with van der Waals surface area (Å²) in [7, 11) is 0. The van der Waals surface area contributed by atoms with E-state index in [2.05, 4.69) is 0 Å². The highest BCUT2D eigenvalue weighted by Gasteiger charge is 2.24. The summed E-state index contributed by atoms with van der Waals surface area (Å²) in [5.74, 6) is -0.663. The number of halogens is 1. The molecule has 0 fully saturated rings. The zero-order chi connectivity index (χ0) is 18.6. The molecular weight excluding hydrogens is 344 g/mol. The van der Waals surface area contributed by atoms with Crippen molar-refractivity contribution in [3.05, 3.63) is 56.3 Å². The lowest BCUT2D eigenvalue weighted by Gasteiger charge is -2.15. The molecule has 1 aromatic heterocycles. The monoisotopic (exact) mass is 360 g/mol. The standard InChI is InChI=1S/C18H17ClN2O4/c1-3-8-21-17(23)12(9-20)11(2)16(18(21)24)14(22)10-25-15-7-5-4-6-13(15)19/h4-7,24H,3,8,10H2,1-2H3. The molecule has 0 bridgehead atoms. The first-order valence-electron chi connectivity index (χ1n) is 7.69. The van der Waals surface area contributed by atoms with Crippen LogP contribution < -0.4 is 10.3 Å². The van der Waals surface area contributed by atoms with E-state index in [1.165, 1.54) is 6.92 Å². The second-order valence-electron chi connectivity index (χ2n) is 5.41. The van der Waals surface area contributed by atoms with Crippen molar-refractivity contribution < 1.29 is 14.6 Å². The lowest BCUT2D eigenvalue weighted by atomic mass is 10.0. The fraction of sp³-hybridized carbons (Fsp3) is 0.278. The molecule has 0 spiro atoms. The Morgan fingerprint density at radius 1 is 1.40 bits per heavy atom. The maximum absolute atomic E-state index is 12.6. The van der Waals surface area contributed by atoms with Gasteiger partial charge >= 0.3 is 0 Å².